The van der Waals surface area contributed by atoms with E-state index in [2.05, 4.69) is 15.4 Å². The van der Waals surface area contributed by atoms with Crippen LogP contribution >= 0.6 is 0 Å². The van der Waals surface area contributed by atoms with Gasteiger partial charge in [0.25, 0.3) is 0 Å². The second-order valence-corrected chi connectivity index (χ2v) is 10.5. The minimum Gasteiger partial charge on any atom is -0.508 e. The lowest BCUT2D eigenvalue weighted by atomic mass is 9.98. The SMILES string of the molecule is CCCS(=O)(=O)N[C@@H](C(=O)N[C@H](C(=O)NCc1ccc(C(=N)N)cc1)c1ccc(O)cc1)C(C)CC. The summed E-state index contributed by atoms with van der Waals surface area (Å²) < 4.78 is 27.3. The molecule has 0 radical (unpaired) electrons. The predicted molar refractivity (Wildman–Crippen MR) is 139 cm³/mol. The molecule has 11 heteroatoms. The van der Waals surface area contributed by atoms with Gasteiger partial charge in [0.15, 0.2) is 0 Å². The van der Waals surface area contributed by atoms with Crippen molar-refractivity contribution in [3.05, 3.63) is 65.2 Å². The van der Waals surface area contributed by atoms with Crippen molar-refractivity contribution >= 4 is 27.7 Å². The molecule has 2 rings (SSSR count). The Labute approximate surface area is 212 Å². The summed E-state index contributed by atoms with van der Waals surface area (Å²) in [6.07, 6.45) is 0.940. The van der Waals surface area contributed by atoms with Crippen LogP contribution in [0.5, 0.6) is 5.75 Å². The summed E-state index contributed by atoms with van der Waals surface area (Å²) in [4.78, 5) is 26.4. The predicted octanol–water partition coefficient (Wildman–Crippen LogP) is 1.89. The Kier molecular flexibility index (Phi) is 10.4. The van der Waals surface area contributed by atoms with E-state index in [4.69, 9.17) is 11.1 Å². The summed E-state index contributed by atoms with van der Waals surface area (Å²) in [6.45, 7) is 5.50. The van der Waals surface area contributed by atoms with E-state index in [1.165, 1.54) is 24.3 Å². The van der Waals surface area contributed by atoms with Crippen LogP contribution in [0, 0.1) is 11.3 Å². The van der Waals surface area contributed by atoms with Crippen LogP contribution in [-0.2, 0) is 26.2 Å². The highest BCUT2D eigenvalue weighted by atomic mass is 32.2. The first kappa shape index (κ1) is 28.8. The number of hydrogen-bond donors (Lipinski definition) is 6. The normalized spacial score (nSPS) is 13.9. The first-order valence-corrected chi connectivity index (χ1v) is 13.4. The van der Waals surface area contributed by atoms with E-state index in [0.29, 0.717) is 24.0 Å². The van der Waals surface area contributed by atoms with Gasteiger partial charge in [-0.05, 0) is 35.6 Å². The number of aromatic hydroxyl groups is 1. The van der Waals surface area contributed by atoms with Gasteiger partial charge in [0.1, 0.15) is 23.7 Å². The fraction of sp³-hybridized carbons (Fsp3) is 0.400. The molecule has 2 amide bonds. The van der Waals surface area contributed by atoms with Crippen molar-refractivity contribution in [2.24, 2.45) is 11.7 Å². The molecule has 196 valence electrons. The number of nitrogens with one attached hydrogen (secondary N) is 4. The fourth-order valence-corrected chi connectivity index (χ4v) is 4.86. The summed E-state index contributed by atoms with van der Waals surface area (Å²) in [5, 5.41) is 22.6. The molecule has 36 heavy (non-hydrogen) atoms. The zero-order chi connectivity index (χ0) is 26.9. The number of phenols is 1. The summed E-state index contributed by atoms with van der Waals surface area (Å²) in [5.74, 6) is -1.63. The van der Waals surface area contributed by atoms with Crippen LogP contribution in [0.3, 0.4) is 0 Å². The molecule has 2 aromatic rings. The molecule has 0 heterocycles. The largest absolute Gasteiger partial charge is 0.508 e. The number of rotatable bonds is 13. The van der Waals surface area contributed by atoms with E-state index in [1.807, 2.05) is 6.92 Å². The van der Waals surface area contributed by atoms with Crippen LogP contribution in [0.25, 0.3) is 0 Å². The van der Waals surface area contributed by atoms with Crippen LogP contribution in [0.4, 0.5) is 0 Å². The van der Waals surface area contributed by atoms with Crippen molar-refractivity contribution in [3.63, 3.8) is 0 Å². The van der Waals surface area contributed by atoms with Gasteiger partial charge in [0.05, 0.1) is 5.75 Å². The highest BCUT2D eigenvalue weighted by molar-refractivity contribution is 7.89. The third kappa shape index (κ3) is 8.35. The second-order valence-electron chi connectivity index (χ2n) is 8.66. The van der Waals surface area contributed by atoms with Crippen LogP contribution in [0.2, 0.25) is 0 Å². The van der Waals surface area contributed by atoms with Crippen LogP contribution in [-0.4, -0.2) is 43.0 Å². The van der Waals surface area contributed by atoms with Gasteiger partial charge in [-0.1, -0.05) is 63.6 Å². The standard InChI is InChI=1S/C25H35N5O5S/c1-4-14-36(34,35)30-21(16(3)5-2)25(33)29-22(18-10-12-20(31)13-11-18)24(32)28-15-17-6-8-19(9-7-17)23(26)27/h6-13,16,21-22,30-31H,4-5,14-15H2,1-3H3,(H3,26,27)(H,28,32)(H,29,33)/t16?,21-,22+/m1/s1. The number of amidine groups is 1. The summed E-state index contributed by atoms with van der Waals surface area (Å²) in [6, 6.07) is 10.4. The van der Waals surface area contributed by atoms with Crippen molar-refractivity contribution in [2.75, 3.05) is 5.75 Å². The Morgan fingerprint density at radius 2 is 1.64 bits per heavy atom. The highest BCUT2D eigenvalue weighted by Gasteiger charge is 2.32. The lowest BCUT2D eigenvalue weighted by Crippen LogP contribution is -2.53. The molecule has 0 aromatic heterocycles. The van der Waals surface area contributed by atoms with Gasteiger partial charge in [-0.25, -0.2) is 13.1 Å². The minimum atomic E-state index is -3.68. The number of nitrogen functional groups attached to an aromatic ring is 1. The fourth-order valence-electron chi connectivity index (χ4n) is 3.48. The number of sulfonamides is 1. The van der Waals surface area contributed by atoms with Gasteiger partial charge in [0, 0.05) is 12.1 Å². The Balaban J connectivity index is 2.26. The van der Waals surface area contributed by atoms with Crippen molar-refractivity contribution in [1.29, 1.82) is 5.41 Å². The number of benzene rings is 2. The maximum atomic E-state index is 13.3. The van der Waals surface area contributed by atoms with Crippen molar-refractivity contribution < 1.29 is 23.1 Å². The highest BCUT2D eigenvalue weighted by Crippen LogP contribution is 2.19. The number of carbonyl (C=O) groups is 2. The average Bonchev–Trinajstić information content (AvgIpc) is 2.84. The first-order valence-electron chi connectivity index (χ1n) is 11.8. The molecule has 2 aromatic carbocycles. The number of nitrogens with two attached hydrogens (primary N) is 1. The van der Waals surface area contributed by atoms with Gasteiger partial charge in [0.2, 0.25) is 21.8 Å². The molecule has 0 aliphatic carbocycles. The maximum absolute atomic E-state index is 13.3. The first-order chi connectivity index (χ1) is 17.0. The molecule has 3 atom stereocenters. The average molecular weight is 518 g/mol. The molecule has 7 N–H and O–H groups in total. The van der Waals surface area contributed by atoms with Crippen LogP contribution < -0.4 is 21.1 Å². The molecule has 0 saturated heterocycles. The van der Waals surface area contributed by atoms with Crippen molar-refractivity contribution in [3.8, 4) is 5.75 Å². The Morgan fingerprint density at radius 1 is 1.03 bits per heavy atom. The number of amides is 2. The minimum absolute atomic E-state index is 0.000367. The molecule has 0 fully saturated rings. The van der Waals surface area contributed by atoms with E-state index < -0.39 is 33.9 Å². The molecular weight excluding hydrogens is 482 g/mol. The van der Waals surface area contributed by atoms with Crippen molar-refractivity contribution in [1.82, 2.24) is 15.4 Å². The number of carbonyl (C=O) groups excluding carboxylic acids is 2. The molecule has 0 bridgehead atoms. The zero-order valence-corrected chi connectivity index (χ0v) is 21.6. The van der Waals surface area contributed by atoms with E-state index in [9.17, 15) is 23.1 Å². The maximum Gasteiger partial charge on any atom is 0.247 e. The zero-order valence-electron chi connectivity index (χ0n) is 20.7. The molecular formula is C25H35N5O5S. The molecule has 10 nitrogen and oxygen atoms in total. The summed E-state index contributed by atoms with van der Waals surface area (Å²) in [7, 11) is -3.68. The topological polar surface area (TPSA) is 174 Å². The van der Waals surface area contributed by atoms with Crippen molar-refractivity contribution in [2.45, 2.75) is 52.2 Å². The molecule has 0 aliphatic heterocycles. The summed E-state index contributed by atoms with van der Waals surface area (Å²) >= 11 is 0. The van der Waals surface area contributed by atoms with Gasteiger partial charge in [-0.2, -0.15) is 0 Å². The van der Waals surface area contributed by atoms with E-state index in [0.717, 1.165) is 5.56 Å². The monoisotopic (exact) mass is 517 g/mol. The van der Waals surface area contributed by atoms with E-state index in [-0.39, 0.29) is 29.8 Å². The second kappa shape index (κ2) is 13.0. The molecule has 0 saturated carbocycles. The molecule has 0 aliphatic rings. The lowest BCUT2D eigenvalue weighted by Gasteiger charge is -2.26. The molecule has 0 spiro atoms. The number of phenolic OH excluding ortho intramolecular Hbond substituents is 1. The summed E-state index contributed by atoms with van der Waals surface area (Å²) in [5.41, 5.74) is 7.21. The van der Waals surface area contributed by atoms with E-state index >= 15 is 0 Å². The van der Waals surface area contributed by atoms with Crippen LogP contribution in [0.1, 0.15) is 56.3 Å². The Bertz CT molecular complexity index is 1150. The Morgan fingerprint density at radius 3 is 2.17 bits per heavy atom. The Hall–Kier alpha value is -3.44. The van der Waals surface area contributed by atoms with E-state index in [1.54, 1.807) is 38.1 Å². The number of hydrogen-bond acceptors (Lipinski definition) is 6. The van der Waals surface area contributed by atoms with Gasteiger partial charge in [-0.15, -0.1) is 0 Å². The third-order valence-electron chi connectivity index (χ3n) is 5.78. The molecule has 1 unspecified atom stereocenters. The van der Waals surface area contributed by atoms with Gasteiger partial charge < -0.3 is 21.5 Å². The quantitative estimate of drug-likeness (QED) is 0.175. The van der Waals surface area contributed by atoms with Crippen LogP contribution in [0.15, 0.2) is 48.5 Å². The smallest absolute Gasteiger partial charge is 0.247 e. The van der Waals surface area contributed by atoms with Gasteiger partial charge >= 0.3 is 0 Å². The third-order valence-corrected chi connectivity index (χ3v) is 7.34. The van der Waals surface area contributed by atoms with Gasteiger partial charge in [-0.3, -0.25) is 15.0 Å². The lowest BCUT2D eigenvalue weighted by molar-refractivity contribution is -0.130.